The van der Waals surface area contributed by atoms with Gasteiger partial charge in [-0.2, -0.15) is 0 Å². The van der Waals surface area contributed by atoms with E-state index in [0.29, 0.717) is 18.4 Å². The number of piperidine rings is 1. The molecule has 0 atom stereocenters. The van der Waals surface area contributed by atoms with Gasteiger partial charge in [-0.1, -0.05) is 0 Å². The zero-order valence-electron chi connectivity index (χ0n) is 13.2. The molecule has 0 bridgehead atoms. The van der Waals surface area contributed by atoms with Crippen LogP contribution in [0.3, 0.4) is 0 Å². The summed E-state index contributed by atoms with van der Waals surface area (Å²) in [5.74, 6) is 1.50. The van der Waals surface area contributed by atoms with Crippen molar-refractivity contribution in [2.45, 2.75) is 25.4 Å². The van der Waals surface area contributed by atoms with E-state index in [1.165, 1.54) is 12.1 Å². The van der Waals surface area contributed by atoms with Crippen LogP contribution in [0.1, 0.15) is 18.6 Å². The fraction of sp³-hybridized carbons (Fsp3) is 0.444. The molecule has 4 nitrogen and oxygen atoms in total. The van der Waals surface area contributed by atoms with E-state index in [0.717, 1.165) is 44.8 Å². The summed E-state index contributed by atoms with van der Waals surface area (Å²) in [5, 5.41) is 3.53. The highest BCUT2D eigenvalue weighted by atomic mass is 19.1. The number of halogens is 1. The van der Waals surface area contributed by atoms with Crippen molar-refractivity contribution in [1.29, 1.82) is 0 Å². The Bertz CT molecular complexity index is 563. The molecule has 124 valence electrons. The molecule has 1 aliphatic rings. The van der Waals surface area contributed by atoms with E-state index >= 15 is 0 Å². The number of hydrogen-bond acceptors (Lipinski definition) is 4. The molecule has 5 heteroatoms. The number of ether oxygens (including phenoxy) is 1. The zero-order valence-corrected chi connectivity index (χ0v) is 13.2. The molecular weight excluding hydrogens is 295 g/mol. The standard InChI is InChI=1S/C18H23FN2O2/c19-15-3-5-17(6-4-15)23-13-9-20-16-7-10-21(11-8-16)14-18-2-1-12-22-18/h1-6,12,16,20H,7-11,13-14H2. The van der Waals surface area contributed by atoms with E-state index in [-0.39, 0.29) is 5.82 Å². The van der Waals surface area contributed by atoms with Crippen molar-refractivity contribution in [1.82, 2.24) is 10.2 Å². The van der Waals surface area contributed by atoms with Crippen LogP contribution in [-0.4, -0.2) is 37.2 Å². The number of likely N-dealkylation sites (tertiary alicyclic amines) is 1. The largest absolute Gasteiger partial charge is 0.492 e. The molecule has 23 heavy (non-hydrogen) atoms. The molecule has 1 fully saturated rings. The van der Waals surface area contributed by atoms with Crippen LogP contribution in [0.15, 0.2) is 47.1 Å². The topological polar surface area (TPSA) is 37.6 Å². The van der Waals surface area contributed by atoms with Gasteiger partial charge < -0.3 is 14.5 Å². The van der Waals surface area contributed by atoms with Gasteiger partial charge >= 0.3 is 0 Å². The minimum absolute atomic E-state index is 0.239. The first-order valence-corrected chi connectivity index (χ1v) is 8.16. The summed E-state index contributed by atoms with van der Waals surface area (Å²) in [6.07, 6.45) is 4.00. The first-order valence-electron chi connectivity index (χ1n) is 8.16. The van der Waals surface area contributed by atoms with Gasteiger partial charge in [0.15, 0.2) is 0 Å². The van der Waals surface area contributed by atoms with Crippen LogP contribution < -0.4 is 10.1 Å². The molecule has 2 aromatic rings. The summed E-state index contributed by atoms with van der Waals surface area (Å²) >= 11 is 0. The van der Waals surface area contributed by atoms with E-state index < -0.39 is 0 Å². The normalized spacial score (nSPS) is 16.6. The third-order valence-corrected chi connectivity index (χ3v) is 4.16. The van der Waals surface area contributed by atoms with Gasteiger partial charge in [0, 0.05) is 25.7 Å². The molecule has 2 heterocycles. The molecule has 1 saturated heterocycles. The highest BCUT2D eigenvalue weighted by Crippen LogP contribution is 2.14. The summed E-state index contributed by atoms with van der Waals surface area (Å²) < 4.78 is 23.8. The Morgan fingerprint density at radius 1 is 1.17 bits per heavy atom. The van der Waals surface area contributed by atoms with E-state index in [2.05, 4.69) is 10.2 Å². The number of rotatable bonds is 7. The Morgan fingerprint density at radius 2 is 1.96 bits per heavy atom. The SMILES string of the molecule is Fc1ccc(OCCNC2CCN(Cc3ccco3)CC2)cc1. The maximum atomic E-state index is 12.8. The lowest BCUT2D eigenvalue weighted by molar-refractivity contribution is 0.175. The van der Waals surface area contributed by atoms with Gasteiger partial charge in [0.05, 0.1) is 12.8 Å². The van der Waals surface area contributed by atoms with E-state index in [4.69, 9.17) is 9.15 Å². The van der Waals surface area contributed by atoms with Crippen LogP contribution in [0.2, 0.25) is 0 Å². The average molecular weight is 318 g/mol. The number of hydrogen-bond donors (Lipinski definition) is 1. The lowest BCUT2D eigenvalue weighted by atomic mass is 10.1. The highest BCUT2D eigenvalue weighted by molar-refractivity contribution is 5.21. The third kappa shape index (κ3) is 5.08. The second kappa shape index (κ2) is 8.13. The quantitative estimate of drug-likeness (QED) is 0.796. The fourth-order valence-electron chi connectivity index (χ4n) is 2.88. The summed E-state index contributed by atoms with van der Waals surface area (Å²) in [7, 11) is 0. The van der Waals surface area contributed by atoms with Crippen molar-refractivity contribution in [2.24, 2.45) is 0 Å². The molecule has 1 aliphatic heterocycles. The molecule has 0 aliphatic carbocycles. The number of benzene rings is 1. The van der Waals surface area contributed by atoms with Crippen LogP contribution in [0.5, 0.6) is 5.75 Å². The van der Waals surface area contributed by atoms with Crippen LogP contribution in [-0.2, 0) is 6.54 Å². The van der Waals surface area contributed by atoms with Crippen molar-refractivity contribution in [3.05, 3.63) is 54.2 Å². The average Bonchev–Trinajstić information content (AvgIpc) is 3.08. The number of nitrogens with zero attached hydrogens (tertiary/aromatic N) is 1. The Balaban J connectivity index is 1.29. The molecule has 1 aromatic carbocycles. The second-order valence-corrected chi connectivity index (χ2v) is 5.89. The second-order valence-electron chi connectivity index (χ2n) is 5.89. The predicted molar refractivity (Wildman–Crippen MR) is 86.9 cm³/mol. The Morgan fingerprint density at radius 3 is 2.65 bits per heavy atom. The number of nitrogens with one attached hydrogen (secondary N) is 1. The van der Waals surface area contributed by atoms with Gasteiger partial charge in [0.2, 0.25) is 0 Å². The minimum atomic E-state index is -0.239. The first kappa shape index (κ1) is 16.0. The van der Waals surface area contributed by atoms with Crippen LogP contribution in [0.4, 0.5) is 4.39 Å². The van der Waals surface area contributed by atoms with E-state index in [9.17, 15) is 4.39 Å². The Kier molecular flexibility index (Phi) is 5.66. The van der Waals surface area contributed by atoms with Gasteiger partial charge in [0.1, 0.15) is 23.9 Å². The van der Waals surface area contributed by atoms with Gasteiger partial charge in [-0.15, -0.1) is 0 Å². The predicted octanol–water partition coefficient (Wildman–Crippen LogP) is 3.05. The molecule has 0 radical (unpaired) electrons. The zero-order chi connectivity index (χ0) is 15.9. The van der Waals surface area contributed by atoms with Gasteiger partial charge in [-0.3, -0.25) is 4.90 Å². The first-order chi connectivity index (χ1) is 11.3. The summed E-state index contributed by atoms with van der Waals surface area (Å²) in [6, 6.07) is 10.6. The van der Waals surface area contributed by atoms with Crippen molar-refractivity contribution < 1.29 is 13.5 Å². The van der Waals surface area contributed by atoms with Crippen LogP contribution >= 0.6 is 0 Å². The lowest BCUT2D eigenvalue weighted by Crippen LogP contribution is -2.43. The van der Waals surface area contributed by atoms with Crippen LogP contribution in [0.25, 0.3) is 0 Å². The smallest absolute Gasteiger partial charge is 0.123 e. The van der Waals surface area contributed by atoms with Crippen molar-refractivity contribution in [2.75, 3.05) is 26.2 Å². The maximum Gasteiger partial charge on any atom is 0.123 e. The Labute approximate surface area is 136 Å². The summed E-state index contributed by atoms with van der Waals surface area (Å²) in [6.45, 7) is 4.46. The molecule has 0 spiro atoms. The summed E-state index contributed by atoms with van der Waals surface area (Å²) in [5.41, 5.74) is 0. The van der Waals surface area contributed by atoms with Crippen LogP contribution in [0, 0.1) is 5.82 Å². The van der Waals surface area contributed by atoms with E-state index in [1.807, 2.05) is 12.1 Å². The molecule has 0 unspecified atom stereocenters. The fourth-order valence-corrected chi connectivity index (χ4v) is 2.88. The van der Waals surface area contributed by atoms with Crippen molar-refractivity contribution in [3.8, 4) is 5.75 Å². The summed E-state index contributed by atoms with van der Waals surface area (Å²) in [4.78, 5) is 2.42. The highest BCUT2D eigenvalue weighted by Gasteiger charge is 2.19. The molecule has 1 aromatic heterocycles. The van der Waals surface area contributed by atoms with Crippen molar-refractivity contribution in [3.63, 3.8) is 0 Å². The molecule has 0 amide bonds. The monoisotopic (exact) mass is 318 g/mol. The minimum Gasteiger partial charge on any atom is -0.492 e. The maximum absolute atomic E-state index is 12.8. The van der Waals surface area contributed by atoms with Crippen molar-refractivity contribution >= 4 is 0 Å². The van der Waals surface area contributed by atoms with Gasteiger partial charge in [0.25, 0.3) is 0 Å². The van der Waals surface area contributed by atoms with Gasteiger partial charge in [-0.25, -0.2) is 4.39 Å². The molecule has 3 rings (SSSR count). The molecule has 0 saturated carbocycles. The molecule has 1 N–H and O–H groups in total. The van der Waals surface area contributed by atoms with E-state index in [1.54, 1.807) is 18.4 Å². The molecular formula is C18H23FN2O2. The van der Waals surface area contributed by atoms with Gasteiger partial charge in [-0.05, 0) is 49.2 Å². The Hall–Kier alpha value is -1.85. The lowest BCUT2D eigenvalue weighted by Gasteiger charge is -2.31. The third-order valence-electron chi connectivity index (χ3n) is 4.16. The number of furan rings is 1.